The normalized spacial score (nSPS) is 11.3. The maximum Gasteiger partial charge on any atom is 0.406 e. The summed E-state index contributed by atoms with van der Waals surface area (Å²) in [5.74, 6) is -1.87. The van der Waals surface area contributed by atoms with Gasteiger partial charge in [0.2, 0.25) is 5.91 Å². The average Bonchev–Trinajstić information content (AvgIpc) is 2.98. The van der Waals surface area contributed by atoms with Crippen molar-refractivity contribution in [1.29, 1.82) is 0 Å². The van der Waals surface area contributed by atoms with Gasteiger partial charge < -0.3 is 14.4 Å². The average molecular weight is 341 g/mol. The minimum absolute atomic E-state index is 0.115. The fourth-order valence-corrected chi connectivity index (χ4v) is 2.20. The van der Waals surface area contributed by atoms with Crippen LogP contribution in [0, 0.1) is 0 Å². The number of carbonyl (C=O) groups is 2. The molecule has 1 aromatic heterocycles. The summed E-state index contributed by atoms with van der Waals surface area (Å²) in [6.07, 6.45) is -3.72. The predicted octanol–water partition coefficient (Wildman–Crippen LogP) is 3.11. The molecule has 0 aliphatic heterocycles. The molecular weight excluding hydrogens is 327 g/mol. The van der Waals surface area contributed by atoms with Crippen LogP contribution in [0.15, 0.2) is 47.1 Å². The molecule has 1 amide bonds. The molecule has 1 heterocycles. The number of alkyl halides is 3. The van der Waals surface area contributed by atoms with E-state index in [1.54, 1.807) is 0 Å². The molecule has 0 saturated carbocycles. The molecule has 0 atom stereocenters. The van der Waals surface area contributed by atoms with E-state index < -0.39 is 31.0 Å². The van der Waals surface area contributed by atoms with E-state index in [4.69, 9.17) is 9.52 Å². The number of hydrogen-bond acceptors (Lipinski definition) is 3. The van der Waals surface area contributed by atoms with Gasteiger partial charge >= 0.3 is 12.1 Å². The number of nitrogens with zero attached hydrogens (tertiary/aromatic N) is 1. The lowest BCUT2D eigenvalue weighted by atomic mass is 10.0. The summed E-state index contributed by atoms with van der Waals surface area (Å²) in [6, 6.07) is 8.67. The molecule has 24 heavy (non-hydrogen) atoms. The van der Waals surface area contributed by atoms with Gasteiger partial charge in [-0.15, -0.1) is 0 Å². The summed E-state index contributed by atoms with van der Waals surface area (Å²) in [7, 11) is 0. The van der Waals surface area contributed by atoms with Gasteiger partial charge in [-0.05, 0) is 23.8 Å². The first kappa shape index (κ1) is 17.6. The van der Waals surface area contributed by atoms with Gasteiger partial charge in [0.1, 0.15) is 12.3 Å². The van der Waals surface area contributed by atoms with E-state index in [-0.39, 0.29) is 23.4 Å². The highest BCUT2D eigenvalue weighted by molar-refractivity contribution is 5.91. The molecule has 0 unspecified atom stereocenters. The van der Waals surface area contributed by atoms with E-state index >= 15 is 0 Å². The van der Waals surface area contributed by atoms with Gasteiger partial charge in [-0.1, -0.05) is 18.2 Å². The zero-order chi connectivity index (χ0) is 17.7. The second-order valence-electron chi connectivity index (χ2n) is 5.08. The van der Waals surface area contributed by atoms with E-state index in [9.17, 15) is 22.8 Å². The monoisotopic (exact) mass is 341 g/mol. The Balaban J connectivity index is 2.20. The molecule has 0 aliphatic carbocycles. The maximum absolute atomic E-state index is 12.7. The Morgan fingerprint density at radius 2 is 1.83 bits per heavy atom. The fraction of sp³-hybridized carbons (Fsp3) is 0.250. The van der Waals surface area contributed by atoms with Crippen LogP contribution in [0.1, 0.15) is 21.7 Å². The largest absolute Gasteiger partial charge is 0.478 e. The van der Waals surface area contributed by atoms with Crippen molar-refractivity contribution in [3.05, 3.63) is 59.5 Å². The van der Waals surface area contributed by atoms with Crippen LogP contribution in [-0.2, 0) is 17.8 Å². The van der Waals surface area contributed by atoms with Gasteiger partial charge in [-0.25, -0.2) is 4.79 Å². The molecule has 2 aromatic rings. The summed E-state index contributed by atoms with van der Waals surface area (Å²) in [6.45, 7) is -1.79. The highest BCUT2D eigenvalue weighted by Crippen LogP contribution is 2.20. The number of carboxylic acids is 1. The first-order valence-corrected chi connectivity index (χ1v) is 6.94. The maximum atomic E-state index is 12.7. The first-order valence-electron chi connectivity index (χ1n) is 6.94. The Kier molecular flexibility index (Phi) is 5.28. The number of halogens is 3. The van der Waals surface area contributed by atoms with Crippen molar-refractivity contribution in [2.24, 2.45) is 0 Å². The summed E-state index contributed by atoms with van der Waals surface area (Å²) in [5.41, 5.74) is 0.0393. The molecule has 0 aliphatic rings. The molecule has 5 nitrogen and oxygen atoms in total. The van der Waals surface area contributed by atoms with Crippen LogP contribution in [-0.4, -0.2) is 34.6 Å². The molecule has 8 heteroatoms. The second kappa shape index (κ2) is 7.20. The zero-order valence-electron chi connectivity index (χ0n) is 12.4. The Morgan fingerprint density at radius 1 is 1.12 bits per heavy atom. The number of amides is 1. The highest BCUT2D eigenvalue weighted by Gasteiger charge is 2.33. The minimum Gasteiger partial charge on any atom is -0.478 e. The summed E-state index contributed by atoms with van der Waals surface area (Å²) in [4.78, 5) is 24.0. The Labute approximate surface area is 135 Å². The Hall–Kier alpha value is -2.77. The quantitative estimate of drug-likeness (QED) is 0.876. The van der Waals surface area contributed by atoms with Crippen LogP contribution in [0.5, 0.6) is 0 Å². The van der Waals surface area contributed by atoms with Crippen molar-refractivity contribution in [3.8, 4) is 0 Å². The fourth-order valence-electron chi connectivity index (χ4n) is 2.20. The van der Waals surface area contributed by atoms with Crippen LogP contribution in [0.4, 0.5) is 13.2 Å². The van der Waals surface area contributed by atoms with E-state index in [1.807, 2.05) is 0 Å². The topological polar surface area (TPSA) is 70.8 Å². The zero-order valence-corrected chi connectivity index (χ0v) is 12.4. The van der Waals surface area contributed by atoms with Gasteiger partial charge in [0.15, 0.2) is 0 Å². The smallest absolute Gasteiger partial charge is 0.406 e. The number of carboxylic acid groups (broad SMARTS) is 1. The third-order valence-electron chi connectivity index (χ3n) is 3.24. The van der Waals surface area contributed by atoms with Gasteiger partial charge in [0.05, 0.1) is 24.8 Å². The molecule has 2 rings (SSSR count). The van der Waals surface area contributed by atoms with Crippen molar-refractivity contribution >= 4 is 11.9 Å². The summed E-state index contributed by atoms with van der Waals surface area (Å²) < 4.78 is 43.2. The SMILES string of the molecule is O=C(O)c1ccccc1CC(=O)N(Cc1ccco1)CC(F)(F)F. The van der Waals surface area contributed by atoms with Crippen LogP contribution >= 0.6 is 0 Å². The van der Waals surface area contributed by atoms with Crippen LogP contribution < -0.4 is 0 Å². The minimum atomic E-state index is -4.57. The van der Waals surface area contributed by atoms with Crippen LogP contribution in [0.3, 0.4) is 0 Å². The number of benzene rings is 1. The van der Waals surface area contributed by atoms with E-state index in [0.29, 0.717) is 4.90 Å². The number of furan rings is 1. The van der Waals surface area contributed by atoms with Crippen molar-refractivity contribution in [2.45, 2.75) is 19.1 Å². The van der Waals surface area contributed by atoms with Gasteiger partial charge in [-0.2, -0.15) is 13.2 Å². The van der Waals surface area contributed by atoms with Gasteiger partial charge in [0, 0.05) is 0 Å². The van der Waals surface area contributed by atoms with Crippen LogP contribution in [0.25, 0.3) is 0 Å². The van der Waals surface area contributed by atoms with Gasteiger partial charge in [0.25, 0.3) is 0 Å². The molecule has 0 fully saturated rings. The number of carbonyl (C=O) groups excluding carboxylic acids is 1. The van der Waals surface area contributed by atoms with Gasteiger partial charge in [-0.3, -0.25) is 4.79 Å². The highest BCUT2D eigenvalue weighted by atomic mass is 19.4. The third kappa shape index (κ3) is 4.87. The molecule has 0 spiro atoms. The Morgan fingerprint density at radius 3 is 2.42 bits per heavy atom. The lowest BCUT2D eigenvalue weighted by Crippen LogP contribution is -2.39. The summed E-state index contributed by atoms with van der Waals surface area (Å²) >= 11 is 0. The second-order valence-corrected chi connectivity index (χ2v) is 5.08. The predicted molar refractivity (Wildman–Crippen MR) is 77.3 cm³/mol. The molecule has 0 bridgehead atoms. The van der Waals surface area contributed by atoms with E-state index in [0.717, 1.165) is 0 Å². The van der Waals surface area contributed by atoms with E-state index in [2.05, 4.69) is 0 Å². The lowest BCUT2D eigenvalue weighted by molar-refractivity contribution is -0.162. The van der Waals surface area contributed by atoms with Crippen molar-refractivity contribution in [3.63, 3.8) is 0 Å². The summed E-state index contributed by atoms with van der Waals surface area (Å²) in [5, 5.41) is 9.09. The number of rotatable bonds is 6. The molecule has 0 saturated heterocycles. The molecule has 1 aromatic carbocycles. The van der Waals surface area contributed by atoms with Crippen molar-refractivity contribution in [1.82, 2.24) is 4.90 Å². The lowest BCUT2D eigenvalue weighted by Gasteiger charge is -2.23. The first-order chi connectivity index (χ1) is 11.3. The number of aromatic carboxylic acids is 1. The van der Waals surface area contributed by atoms with Crippen LogP contribution in [0.2, 0.25) is 0 Å². The standard InChI is InChI=1S/C16H14F3NO4/c17-16(18,19)10-20(9-12-5-3-7-24-12)14(21)8-11-4-1-2-6-13(11)15(22)23/h1-7H,8-10H2,(H,22,23). The number of hydrogen-bond donors (Lipinski definition) is 1. The Bertz CT molecular complexity index is 710. The third-order valence-corrected chi connectivity index (χ3v) is 3.24. The molecule has 0 radical (unpaired) electrons. The van der Waals surface area contributed by atoms with Crippen molar-refractivity contribution in [2.75, 3.05) is 6.54 Å². The molecule has 1 N–H and O–H groups in total. The molecule has 128 valence electrons. The van der Waals surface area contributed by atoms with E-state index in [1.165, 1.54) is 42.7 Å². The van der Waals surface area contributed by atoms with Crippen molar-refractivity contribution < 1.29 is 32.3 Å². The molecular formula is C16H14F3NO4.